The molecule has 0 bridgehead atoms. The second kappa shape index (κ2) is 2.70. The Kier molecular flexibility index (Phi) is 1.80. The molecule has 2 rings (SSSR count). The van der Waals surface area contributed by atoms with Crippen LogP contribution in [0.25, 0.3) is 5.52 Å². The Hall–Kier alpha value is -0.620. The molecule has 0 aliphatic carbocycles. The Morgan fingerprint density at radius 3 is 2.83 bits per heavy atom. The number of nitrogen functional groups attached to an aromatic ring is 1. The number of aromatic nitrogens is 3. The van der Waals surface area contributed by atoms with Crippen molar-refractivity contribution in [1.82, 2.24) is 14.6 Å². The van der Waals surface area contributed by atoms with Gasteiger partial charge in [-0.15, -0.1) is 0 Å². The zero-order valence-electron chi connectivity index (χ0n) is 5.83. The van der Waals surface area contributed by atoms with Crippen LogP contribution in [-0.4, -0.2) is 14.6 Å². The molecule has 6 heteroatoms. The van der Waals surface area contributed by atoms with Gasteiger partial charge in [-0.25, -0.2) is 9.50 Å². The van der Waals surface area contributed by atoms with Gasteiger partial charge in [0.2, 0.25) is 0 Å². The lowest BCUT2D eigenvalue weighted by Crippen LogP contribution is -1.98. The topological polar surface area (TPSA) is 56.2 Å². The fourth-order valence-electron chi connectivity index (χ4n) is 0.987. The highest BCUT2D eigenvalue weighted by atomic mass is 79.9. The van der Waals surface area contributed by atoms with Crippen molar-refractivity contribution >= 4 is 43.2 Å². The van der Waals surface area contributed by atoms with E-state index in [1.165, 1.54) is 6.33 Å². The lowest BCUT2D eigenvalue weighted by molar-refractivity contribution is 0.889. The van der Waals surface area contributed by atoms with E-state index in [4.69, 9.17) is 5.73 Å². The Labute approximate surface area is 85.0 Å². The number of fused-ring (bicyclic) bond motifs is 1. The van der Waals surface area contributed by atoms with Crippen LogP contribution in [0.5, 0.6) is 0 Å². The average molecular weight is 292 g/mol. The number of anilines is 1. The van der Waals surface area contributed by atoms with E-state index in [-0.39, 0.29) is 0 Å². The monoisotopic (exact) mass is 290 g/mol. The van der Waals surface area contributed by atoms with E-state index in [0.29, 0.717) is 5.82 Å². The van der Waals surface area contributed by atoms with Gasteiger partial charge in [0.05, 0.1) is 0 Å². The summed E-state index contributed by atoms with van der Waals surface area (Å²) in [5, 5.41) is 4.01. The lowest BCUT2D eigenvalue weighted by Gasteiger charge is -1.96. The highest BCUT2D eigenvalue weighted by Crippen LogP contribution is 2.27. The van der Waals surface area contributed by atoms with Crippen LogP contribution >= 0.6 is 31.9 Å². The third-order valence-corrected chi connectivity index (χ3v) is 2.66. The summed E-state index contributed by atoms with van der Waals surface area (Å²) in [5.41, 5.74) is 6.43. The first-order valence-electron chi connectivity index (χ1n) is 3.13. The molecule has 0 radical (unpaired) electrons. The van der Waals surface area contributed by atoms with Gasteiger partial charge in [0.1, 0.15) is 16.4 Å². The number of rotatable bonds is 0. The van der Waals surface area contributed by atoms with Gasteiger partial charge in [-0.3, -0.25) is 0 Å². The van der Waals surface area contributed by atoms with Crippen LogP contribution in [0, 0.1) is 0 Å². The van der Waals surface area contributed by atoms with Gasteiger partial charge >= 0.3 is 0 Å². The Morgan fingerprint density at radius 2 is 2.17 bits per heavy atom. The summed E-state index contributed by atoms with van der Waals surface area (Å²) in [6, 6.07) is 1.88. The van der Waals surface area contributed by atoms with E-state index in [1.807, 2.05) is 6.07 Å². The maximum Gasteiger partial charge on any atom is 0.152 e. The molecule has 0 unspecified atom stereocenters. The minimum absolute atomic E-state index is 0.461. The van der Waals surface area contributed by atoms with E-state index < -0.39 is 0 Å². The molecule has 0 saturated heterocycles. The second-order valence-electron chi connectivity index (χ2n) is 2.22. The molecule has 0 aliphatic heterocycles. The lowest BCUT2D eigenvalue weighted by atomic mass is 10.5. The molecule has 2 aromatic rings. The largest absolute Gasteiger partial charge is 0.382 e. The normalized spacial score (nSPS) is 10.8. The third-order valence-electron chi connectivity index (χ3n) is 1.49. The molecule has 12 heavy (non-hydrogen) atoms. The first-order valence-corrected chi connectivity index (χ1v) is 4.72. The molecule has 0 aromatic carbocycles. The van der Waals surface area contributed by atoms with Crippen molar-refractivity contribution in [3.05, 3.63) is 21.5 Å². The molecule has 4 nitrogen and oxygen atoms in total. The van der Waals surface area contributed by atoms with E-state index in [1.54, 1.807) is 4.52 Å². The predicted octanol–water partition coefficient (Wildman–Crippen LogP) is 1.84. The van der Waals surface area contributed by atoms with E-state index in [2.05, 4.69) is 41.9 Å². The average Bonchev–Trinajstić information content (AvgIpc) is 2.29. The number of hydrogen-bond acceptors (Lipinski definition) is 3. The van der Waals surface area contributed by atoms with Gasteiger partial charge in [-0.1, -0.05) is 0 Å². The fourth-order valence-corrected chi connectivity index (χ4v) is 2.38. The Balaban J connectivity index is 2.99. The van der Waals surface area contributed by atoms with Crippen LogP contribution in [0.2, 0.25) is 0 Å². The molecule has 62 valence electrons. The van der Waals surface area contributed by atoms with Gasteiger partial charge < -0.3 is 5.73 Å². The summed E-state index contributed by atoms with van der Waals surface area (Å²) in [7, 11) is 0. The maximum absolute atomic E-state index is 5.65. The zero-order chi connectivity index (χ0) is 8.72. The third kappa shape index (κ3) is 1.02. The van der Waals surface area contributed by atoms with Crippen LogP contribution in [-0.2, 0) is 0 Å². The van der Waals surface area contributed by atoms with Crippen molar-refractivity contribution in [1.29, 1.82) is 0 Å². The summed E-state index contributed by atoms with van der Waals surface area (Å²) < 4.78 is 3.40. The first-order chi connectivity index (χ1) is 5.70. The molecule has 2 heterocycles. The summed E-state index contributed by atoms with van der Waals surface area (Å²) in [5.74, 6) is 0.461. The molecular formula is C6H4Br2N4. The quantitative estimate of drug-likeness (QED) is 0.806. The van der Waals surface area contributed by atoms with Crippen LogP contribution in [0.4, 0.5) is 5.82 Å². The van der Waals surface area contributed by atoms with Gasteiger partial charge in [-0.05, 0) is 37.9 Å². The van der Waals surface area contributed by atoms with E-state index in [9.17, 15) is 0 Å². The van der Waals surface area contributed by atoms with Crippen molar-refractivity contribution < 1.29 is 0 Å². The Morgan fingerprint density at radius 1 is 1.42 bits per heavy atom. The molecule has 0 atom stereocenters. The smallest absolute Gasteiger partial charge is 0.152 e. The van der Waals surface area contributed by atoms with Crippen molar-refractivity contribution in [2.45, 2.75) is 0 Å². The fraction of sp³-hybridized carbons (Fsp3) is 0. The van der Waals surface area contributed by atoms with E-state index in [0.717, 1.165) is 14.6 Å². The van der Waals surface area contributed by atoms with Crippen LogP contribution in [0.3, 0.4) is 0 Å². The molecule has 0 saturated carbocycles. The van der Waals surface area contributed by atoms with Gasteiger partial charge in [0.25, 0.3) is 0 Å². The summed E-state index contributed by atoms with van der Waals surface area (Å²) in [6.45, 7) is 0. The van der Waals surface area contributed by atoms with Gasteiger partial charge in [-0.2, -0.15) is 5.10 Å². The van der Waals surface area contributed by atoms with Crippen LogP contribution < -0.4 is 5.73 Å². The summed E-state index contributed by atoms with van der Waals surface area (Å²) in [4.78, 5) is 3.88. The number of nitrogens with two attached hydrogens (primary N) is 1. The SMILES string of the molecule is Nc1ncnn2c(Br)cc(Br)c12. The van der Waals surface area contributed by atoms with Gasteiger partial charge in [0, 0.05) is 4.47 Å². The van der Waals surface area contributed by atoms with Crippen molar-refractivity contribution in [2.24, 2.45) is 0 Å². The standard InChI is InChI=1S/C6H4Br2N4/c7-3-1-4(8)12-5(3)6(9)10-2-11-12/h1-2H,(H2,9,10,11). The molecule has 2 aromatic heterocycles. The van der Waals surface area contributed by atoms with Crippen LogP contribution in [0.15, 0.2) is 21.5 Å². The van der Waals surface area contributed by atoms with Crippen molar-refractivity contribution in [3.63, 3.8) is 0 Å². The minimum Gasteiger partial charge on any atom is -0.382 e. The molecule has 0 aliphatic rings. The molecule has 2 N–H and O–H groups in total. The van der Waals surface area contributed by atoms with Crippen molar-refractivity contribution in [2.75, 3.05) is 5.73 Å². The van der Waals surface area contributed by atoms with Crippen molar-refractivity contribution in [3.8, 4) is 0 Å². The number of nitrogens with zero attached hydrogens (tertiary/aromatic N) is 3. The highest BCUT2D eigenvalue weighted by molar-refractivity contribution is 9.11. The van der Waals surface area contributed by atoms with Gasteiger partial charge in [0.15, 0.2) is 5.82 Å². The summed E-state index contributed by atoms with van der Waals surface area (Å²) >= 11 is 6.70. The minimum atomic E-state index is 0.461. The molecular weight excluding hydrogens is 288 g/mol. The molecule has 0 fully saturated rings. The molecule has 0 amide bonds. The maximum atomic E-state index is 5.65. The second-order valence-corrected chi connectivity index (χ2v) is 3.89. The summed E-state index contributed by atoms with van der Waals surface area (Å²) in [6.07, 6.45) is 1.42. The zero-order valence-corrected chi connectivity index (χ0v) is 9.00. The Bertz CT molecular complexity index is 436. The molecule has 0 spiro atoms. The number of halogens is 2. The van der Waals surface area contributed by atoms with E-state index >= 15 is 0 Å². The first kappa shape index (κ1) is 8.00. The predicted molar refractivity (Wildman–Crippen MR) is 52.8 cm³/mol. The number of hydrogen-bond donors (Lipinski definition) is 1. The highest BCUT2D eigenvalue weighted by Gasteiger charge is 2.08. The van der Waals surface area contributed by atoms with Crippen LogP contribution in [0.1, 0.15) is 0 Å².